The predicted octanol–water partition coefficient (Wildman–Crippen LogP) is 4.23. The van der Waals surface area contributed by atoms with Crippen molar-refractivity contribution in [3.05, 3.63) is 42.1 Å². The summed E-state index contributed by atoms with van der Waals surface area (Å²) in [5.41, 5.74) is 0.492. The van der Waals surface area contributed by atoms with Gasteiger partial charge >= 0.3 is 7.82 Å². The number of nitrogens with one attached hydrogen (secondary N) is 1. The fourth-order valence-electron chi connectivity index (χ4n) is 2.89. The number of rotatable bonds is 14. The van der Waals surface area contributed by atoms with Gasteiger partial charge < -0.3 is 23.5 Å². The average molecular weight is 532 g/mol. The highest BCUT2D eigenvalue weighted by atomic mass is 32.2. The highest BCUT2D eigenvalue weighted by molar-refractivity contribution is 7.89. The van der Waals surface area contributed by atoms with Crippen LogP contribution < -0.4 is 28.2 Å². The van der Waals surface area contributed by atoms with E-state index in [1.807, 2.05) is 0 Å². The Morgan fingerprint density at radius 1 is 0.829 bits per heavy atom. The van der Waals surface area contributed by atoms with Crippen molar-refractivity contribution in [3.63, 3.8) is 0 Å². The molecular formula is C22H30NO10PS. The summed E-state index contributed by atoms with van der Waals surface area (Å²) in [6.07, 6.45) is 2.70. The van der Waals surface area contributed by atoms with Crippen LogP contribution in [-0.4, -0.2) is 50.1 Å². The van der Waals surface area contributed by atoms with Crippen LogP contribution >= 0.6 is 7.82 Å². The number of phosphoric ester groups is 1. The van der Waals surface area contributed by atoms with E-state index in [-0.39, 0.29) is 29.6 Å². The van der Waals surface area contributed by atoms with Gasteiger partial charge in [0.05, 0.1) is 52.1 Å². The molecule has 0 aliphatic rings. The van der Waals surface area contributed by atoms with E-state index >= 15 is 0 Å². The molecule has 2 aromatic rings. The fraction of sp³-hybridized carbons (Fsp3) is 0.364. The average Bonchev–Trinajstić information content (AvgIpc) is 2.83. The molecule has 0 amide bonds. The first-order chi connectivity index (χ1) is 16.7. The summed E-state index contributed by atoms with van der Waals surface area (Å²) in [4.78, 5) is -0.175. The number of ether oxygens (including phenoxy) is 4. The maximum Gasteiger partial charge on any atom is 0.530 e. The van der Waals surface area contributed by atoms with Gasteiger partial charge in [-0.15, -0.1) is 0 Å². The number of phosphoric acid groups is 1. The maximum atomic E-state index is 12.9. The highest BCUT2D eigenvalue weighted by Crippen LogP contribution is 2.51. The second-order valence-corrected chi connectivity index (χ2v) is 9.89. The zero-order chi connectivity index (χ0) is 26.1. The minimum absolute atomic E-state index is 0.0578. The Hall–Kier alpha value is -2.92. The monoisotopic (exact) mass is 531 g/mol. The minimum Gasteiger partial charge on any atom is -0.496 e. The second kappa shape index (κ2) is 12.7. The fourth-order valence-corrected chi connectivity index (χ4v) is 4.98. The lowest BCUT2D eigenvalue weighted by Gasteiger charge is -2.19. The van der Waals surface area contributed by atoms with Gasteiger partial charge in [0.2, 0.25) is 0 Å². The lowest BCUT2D eigenvalue weighted by molar-refractivity contribution is 0.166. The Balaban J connectivity index is 2.36. The molecule has 0 heterocycles. The molecule has 13 heteroatoms. The molecule has 1 N–H and O–H groups in total. The topological polar surface area (TPSA) is 128 Å². The van der Waals surface area contributed by atoms with Gasteiger partial charge in [-0.3, -0.25) is 13.8 Å². The van der Waals surface area contributed by atoms with Gasteiger partial charge in [-0.2, -0.15) is 0 Å². The van der Waals surface area contributed by atoms with Crippen molar-refractivity contribution in [2.45, 2.75) is 18.7 Å². The zero-order valence-corrected chi connectivity index (χ0v) is 22.1. The molecule has 2 rings (SSSR count). The summed E-state index contributed by atoms with van der Waals surface area (Å²) in [6.45, 7) is 3.36. The van der Waals surface area contributed by atoms with E-state index in [1.54, 1.807) is 26.0 Å². The summed E-state index contributed by atoms with van der Waals surface area (Å²) < 4.78 is 77.8. The van der Waals surface area contributed by atoms with Crippen LogP contribution in [0.4, 0.5) is 0 Å². The van der Waals surface area contributed by atoms with Crippen LogP contribution in [0.5, 0.6) is 28.7 Å². The van der Waals surface area contributed by atoms with Crippen molar-refractivity contribution < 1.29 is 45.5 Å². The van der Waals surface area contributed by atoms with E-state index in [0.717, 1.165) is 6.07 Å². The molecule has 0 spiro atoms. The summed E-state index contributed by atoms with van der Waals surface area (Å²) in [7, 11) is -2.24. The summed E-state index contributed by atoms with van der Waals surface area (Å²) in [5, 5.41) is 0. The molecule has 0 aliphatic heterocycles. The van der Waals surface area contributed by atoms with Crippen molar-refractivity contribution in [2.75, 3.05) is 41.7 Å². The quantitative estimate of drug-likeness (QED) is 0.354. The molecular weight excluding hydrogens is 501 g/mol. The van der Waals surface area contributed by atoms with Gasteiger partial charge in [0.15, 0.2) is 11.5 Å². The Labute approximate surface area is 205 Å². The van der Waals surface area contributed by atoms with E-state index in [0.29, 0.717) is 22.8 Å². The van der Waals surface area contributed by atoms with Crippen LogP contribution in [0.15, 0.2) is 41.4 Å². The normalized spacial score (nSPS) is 11.8. The number of benzene rings is 2. The van der Waals surface area contributed by atoms with Gasteiger partial charge in [0.1, 0.15) is 17.2 Å². The number of sulfonamides is 1. The van der Waals surface area contributed by atoms with Gasteiger partial charge in [-0.25, -0.2) is 13.0 Å². The van der Waals surface area contributed by atoms with Crippen molar-refractivity contribution in [2.24, 2.45) is 0 Å². The predicted molar refractivity (Wildman–Crippen MR) is 130 cm³/mol. The molecule has 0 aromatic heterocycles. The standard InChI is InChI=1S/C22H30NO10PS/c1-7-31-34(24,32-8-2)33-22-15-17(9-10-19(22)28-4)35(25,26)23-12-11-18-20(29-5)13-16(27-3)14-21(18)30-6/h9-15,23H,7-8H2,1-6H3/b12-11+. The third-order valence-corrected chi connectivity index (χ3v) is 7.35. The summed E-state index contributed by atoms with van der Waals surface area (Å²) >= 11 is 0. The molecule has 0 saturated carbocycles. The first-order valence-corrected chi connectivity index (χ1v) is 13.4. The van der Waals surface area contributed by atoms with Gasteiger partial charge in [0, 0.05) is 24.4 Å². The first-order valence-electron chi connectivity index (χ1n) is 10.4. The molecule has 194 valence electrons. The molecule has 11 nitrogen and oxygen atoms in total. The van der Waals surface area contributed by atoms with Crippen LogP contribution in [0.2, 0.25) is 0 Å². The summed E-state index contributed by atoms with van der Waals surface area (Å²) in [6, 6.07) is 7.11. The van der Waals surface area contributed by atoms with Crippen molar-refractivity contribution in [1.29, 1.82) is 0 Å². The smallest absolute Gasteiger partial charge is 0.496 e. The molecule has 0 radical (unpaired) electrons. The van der Waals surface area contributed by atoms with Gasteiger partial charge in [-0.05, 0) is 32.1 Å². The number of hydrogen-bond acceptors (Lipinski definition) is 10. The molecule has 0 aliphatic carbocycles. The van der Waals surface area contributed by atoms with Crippen LogP contribution in [0.25, 0.3) is 6.08 Å². The van der Waals surface area contributed by atoms with E-state index in [1.165, 1.54) is 52.8 Å². The second-order valence-electron chi connectivity index (χ2n) is 6.59. The molecule has 0 saturated heterocycles. The van der Waals surface area contributed by atoms with Gasteiger partial charge in [-0.1, -0.05) is 0 Å². The Bertz CT molecular complexity index is 1150. The van der Waals surface area contributed by atoms with Crippen molar-refractivity contribution in [1.82, 2.24) is 4.72 Å². The Morgan fingerprint density at radius 2 is 1.40 bits per heavy atom. The molecule has 0 fully saturated rings. The molecule has 2 aromatic carbocycles. The third-order valence-electron chi connectivity index (χ3n) is 4.46. The minimum atomic E-state index is -4.06. The largest absolute Gasteiger partial charge is 0.530 e. The van der Waals surface area contributed by atoms with E-state index in [2.05, 4.69) is 4.72 Å². The first kappa shape index (κ1) is 28.3. The molecule has 35 heavy (non-hydrogen) atoms. The Kier molecular flexibility index (Phi) is 10.3. The number of methoxy groups -OCH3 is 4. The van der Waals surface area contributed by atoms with Crippen LogP contribution in [0.1, 0.15) is 19.4 Å². The van der Waals surface area contributed by atoms with E-state index in [9.17, 15) is 13.0 Å². The number of hydrogen-bond donors (Lipinski definition) is 1. The van der Waals surface area contributed by atoms with Crippen molar-refractivity contribution >= 4 is 23.9 Å². The molecule has 0 bridgehead atoms. The molecule has 0 atom stereocenters. The van der Waals surface area contributed by atoms with Gasteiger partial charge in [0.25, 0.3) is 10.0 Å². The Morgan fingerprint density at radius 3 is 1.89 bits per heavy atom. The highest BCUT2D eigenvalue weighted by Gasteiger charge is 2.30. The van der Waals surface area contributed by atoms with E-state index in [4.69, 9.17) is 32.5 Å². The third kappa shape index (κ3) is 7.28. The lowest BCUT2D eigenvalue weighted by Crippen LogP contribution is -2.18. The van der Waals surface area contributed by atoms with E-state index < -0.39 is 17.8 Å². The van der Waals surface area contributed by atoms with Crippen LogP contribution in [0, 0.1) is 0 Å². The summed E-state index contributed by atoms with van der Waals surface area (Å²) in [5.74, 6) is 1.37. The maximum absolute atomic E-state index is 12.9. The SMILES string of the molecule is CCOP(=O)(OCC)Oc1cc(S(=O)(=O)N/C=C/c2c(OC)cc(OC)cc2OC)ccc1OC. The van der Waals surface area contributed by atoms with Crippen LogP contribution in [0.3, 0.4) is 0 Å². The molecule has 0 unspecified atom stereocenters. The zero-order valence-electron chi connectivity index (χ0n) is 20.4. The van der Waals surface area contributed by atoms with Crippen LogP contribution in [-0.2, 0) is 23.6 Å². The van der Waals surface area contributed by atoms with Crippen molar-refractivity contribution in [3.8, 4) is 28.7 Å². The lowest BCUT2D eigenvalue weighted by atomic mass is 10.1.